The lowest BCUT2D eigenvalue weighted by Gasteiger charge is -2.26. The minimum atomic E-state index is -3.73. The van der Waals surface area contributed by atoms with Gasteiger partial charge in [-0.15, -0.1) is 0 Å². The van der Waals surface area contributed by atoms with E-state index in [9.17, 15) is 13.2 Å². The Kier molecular flexibility index (Phi) is 8.71. The first-order chi connectivity index (χ1) is 15.7. The normalized spacial score (nSPS) is 14.6. The van der Waals surface area contributed by atoms with Crippen LogP contribution in [0.25, 0.3) is 0 Å². The van der Waals surface area contributed by atoms with Crippen molar-refractivity contribution in [3.05, 3.63) is 53.1 Å². The Labute approximate surface area is 196 Å². The van der Waals surface area contributed by atoms with Crippen LogP contribution in [0.4, 0.5) is 5.69 Å². The fourth-order valence-corrected chi connectivity index (χ4v) is 4.65. The number of carbonyl (C=O) groups is 1. The van der Waals surface area contributed by atoms with E-state index in [0.717, 1.165) is 50.4 Å². The molecule has 1 aliphatic rings. The van der Waals surface area contributed by atoms with E-state index in [2.05, 4.69) is 14.9 Å². The second-order valence-corrected chi connectivity index (χ2v) is 9.96. The molecule has 1 fully saturated rings. The summed E-state index contributed by atoms with van der Waals surface area (Å²) >= 11 is 0. The van der Waals surface area contributed by atoms with E-state index < -0.39 is 10.0 Å². The van der Waals surface area contributed by atoms with Gasteiger partial charge in [-0.2, -0.15) is 0 Å². The van der Waals surface area contributed by atoms with Crippen molar-refractivity contribution in [2.45, 2.75) is 32.1 Å². The average Bonchev–Trinajstić information content (AvgIpc) is 2.79. The van der Waals surface area contributed by atoms with E-state index in [4.69, 9.17) is 9.47 Å². The van der Waals surface area contributed by atoms with Gasteiger partial charge in [-0.1, -0.05) is 6.07 Å². The molecule has 0 spiro atoms. The average molecular weight is 476 g/mol. The van der Waals surface area contributed by atoms with Crippen molar-refractivity contribution < 1.29 is 22.7 Å². The van der Waals surface area contributed by atoms with Crippen molar-refractivity contribution in [1.29, 1.82) is 0 Å². The lowest BCUT2D eigenvalue weighted by molar-refractivity contribution is -0.123. The molecule has 0 radical (unpaired) electrons. The lowest BCUT2D eigenvalue weighted by Crippen LogP contribution is -2.38. The molecule has 2 aromatic rings. The van der Waals surface area contributed by atoms with Gasteiger partial charge >= 0.3 is 0 Å². The number of aryl methyl sites for hydroxylation is 3. The lowest BCUT2D eigenvalue weighted by atomic mass is 10.1. The topological polar surface area (TPSA) is 97.0 Å². The molecule has 1 heterocycles. The highest BCUT2D eigenvalue weighted by atomic mass is 32.2. The second kappa shape index (κ2) is 11.5. The van der Waals surface area contributed by atoms with Gasteiger partial charge in [0.05, 0.1) is 18.1 Å². The van der Waals surface area contributed by atoms with Crippen LogP contribution >= 0.6 is 0 Å². The van der Waals surface area contributed by atoms with Crippen LogP contribution in [0.1, 0.15) is 23.1 Å². The van der Waals surface area contributed by atoms with Crippen LogP contribution in [-0.2, 0) is 19.6 Å². The van der Waals surface area contributed by atoms with Crippen LogP contribution < -0.4 is 14.8 Å². The van der Waals surface area contributed by atoms with Gasteiger partial charge in [0.15, 0.2) is 6.61 Å². The predicted molar refractivity (Wildman–Crippen MR) is 128 cm³/mol. The van der Waals surface area contributed by atoms with E-state index >= 15 is 0 Å². The van der Waals surface area contributed by atoms with Crippen LogP contribution in [0.2, 0.25) is 0 Å². The van der Waals surface area contributed by atoms with Gasteiger partial charge in [0.25, 0.3) is 15.9 Å². The summed E-state index contributed by atoms with van der Waals surface area (Å²) in [6.07, 6.45) is 0.866. The second-order valence-electron chi connectivity index (χ2n) is 8.28. The standard InChI is InChI=1S/C24H33N3O5S/c1-18-5-6-21(15-19(18)2)26-33(29,30)22-7-8-23(20(3)16-22)32-17-24(28)25-9-4-10-27-11-13-31-14-12-27/h5-8,15-16,26H,4,9-14,17H2,1-3H3,(H,25,28). The Balaban J connectivity index is 1.48. The van der Waals surface area contributed by atoms with Gasteiger partial charge in [0, 0.05) is 25.3 Å². The van der Waals surface area contributed by atoms with E-state index in [-0.39, 0.29) is 17.4 Å². The molecule has 8 nitrogen and oxygen atoms in total. The molecule has 180 valence electrons. The molecule has 0 aromatic heterocycles. The molecule has 9 heteroatoms. The van der Waals surface area contributed by atoms with Crippen molar-refractivity contribution in [3.63, 3.8) is 0 Å². The molecular formula is C24H33N3O5S. The molecule has 33 heavy (non-hydrogen) atoms. The highest BCUT2D eigenvalue weighted by Crippen LogP contribution is 2.24. The first-order valence-electron chi connectivity index (χ1n) is 11.1. The Hall–Kier alpha value is -2.62. The number of benzene rings is 2. The minimum Gasteiger partial charge on any atom is -0.484 e. The summed E-state index contributed by atoms with van der Waals surface area (Å²) in [5, 5.41) is 2.86. The molecule has 2 aromatic carbocycles. The monoisotopic (exact) mass is 475 g/mol. The number of nitrogens with one attached hydrogen (secondary N) is 2. The van der Waals surface area contributed by atoms with Crippen molar-refractivity contribution in [2.75, 3.05) is 50.7 Å². The number of carbonyl (C=O) groups excluding carboxylic acids is 1. The van der Waals surface area contributed by atoms with E-state index in [0.29, 0.717) is 23.5 Å². The summed E-state index contributed by atoms with van der Waals surface area (Å²) in [6, 6.07) is 10.0. The number of sulfonamides is 1. The van der Waals surface area contributed by atoms with Gasteiger partial charge in [0.1, 0.15) is 5.75 Å². The van der Waals surface area contributed by atoms with E-state index in [1.54, 1.807) is 31.2 Å². The molecule has 1 saturated heterocycles. The quantitative estimate of drug-likeness (QED) is 0.513. The highest BCUT2D eigenvalue weighted by molar-refractivity contribution is 7.92. The molecule has 3 rings (SSSR count). The van der Waals surface area contributed by atoms with Gasteiger partial charge in [-0.05, 0) is 80.8 Å². The molecule has 2 N–H and O–H groups in total. The molecule has 1 amide bonds. The Morgan fingerprint density at radius 2 is 1.79 bits per heavy atom. The summed E-state index contributed by atoms with van der Waals surface area (Å²) < 4.78 is 39.1. The van der Waals surface area contributed by atoms with Crippen LogP contribution in [0.5, 0.6) is 5.75 Å². The van der Waals surface area contributed by atoms with Crippen molar-refractivity contribution >= 4 is 21.6 Å². The SMILES string of the molecule is Cc1ccc(NS(=O)(=O)c2ccc(OCC(=O)NCCCN3CCOCC3)c(C)c2)cc1C. The Morgan fingerprint density at radius 1 is 1.03 bits per heavy atom. The van der Waals surface area contributed by atoms with E-state index in [1.807, 2.05) is 19.9 Å². The van der Waals surface area contributed by atoms with Crippen molar-refractivity contribution in [1.82, 2.24) is 10.2 Å². The molecular weight excluding hydrogens is 442 g/mol. The van der Waals surface area contributed by atoms with Crippen molar-refractivity contribution in [3.8, 4) is 5.75 Å². The number of nitrogens with zero attached hydrogens (tertiary/aromatic N) is 1. The summed E-state index contributed by atoms with van der Waals surface area (Å²) in [5.41, 5.74) is 3.25. The Bertz CT molecular complexity index is 1070. The zero-order valence-electron chi connectivity index (χ0n) is 19.5. The van der Waals surface area contributed by atoms with E-state index in [1.165, 1.54) is 6.07 Å². The van der Waals surface area contributed by atoms with Gasteiger partial charge in [0.2, 0.25) is 0 Å². The summed E-state index contributed by atoms with van der Waals surface area (Å²) in [5.74, 6) is 0.271. The van der Waals surface area contributed by atoms with Gasteiger partial charge in [-0.3, -0.25) is 14.4 Å². The third-order valence-electron chi connectivity index (χ3n) is 5.65. The molecule has 0 aliphatic carbocycles. The first kappa shape index (κ1) is 25.0. The first-order valence-corrected chi connectivity index (χ1v) is 12.6. The summed E-state index contributed by atoms with van der Waals surface area (Å²) in [6.45, 7) is 10.4. The third-order valence-corrected chi connectivity index (χ3v) is 7.03. The number of hydrogen-bond donors (Lipinski definition) is 2. The molecule has 0 saturated carbocycles. The smallest absolute Gasteiger partial charge is 0.261 e. The number of morpholine rings is 1. The van der Waals surface area contributed by atoms with Crippen LogP contribution in [0.3, 0.4) is 0 Å². The molecule has 0 bridgehead atoms. The fourth-order valence-electron chi connectivity index (χ4n) is 3.52. The maximum absolute atomic E-state index is 12.8. The largest absolute Gasteiger partial charge is 0.484 e. The Morgan fingerprint density at radius 3 is 2.48 bits per heavy atom. The maximum Gasteiger partial charge on any atom is 0.261 e. The molecule has 1 aliphatic heterocycles. The van der Waals surface area contributed by atoms with Gasteiger partial charge in [-0.25, -0.2) is 8.42 Å². The van der Waals surface area contributed by atoms with Crippen LogP contribution in [-0.4, -0.2) is 65.2 Å². The van der Waals surface area contributed by atoms with Crippen LogP contribution in [0, 0.1) is 20.8 Å². The zero-order valence-corrected chi connectivity index (χ0v) is 20.3. The zero-order chi connectivity index (χ0) is 23.8. The number of amides is 1. The number of hydrogen-bond acceptors (Lipinski definition) is 6. The van der Waals surface area contributed by atoms with Gasteiger partial charge < -0.3 is 14.8 Å². The van der Waals surface area contributed by atoms with Crippen molar-refractivity contribution in [2.24, 2.45) is 0 Å². The summed E-state index contributed by atoms with van der Waals surface area (Å²) in [4.78, 5) is 14.5. The predicted octanol–water partition coefficient (Wildman–Crippen LogP) is 2.63. The highest BCUT2D eigenvalue weighted by Gasteiger charge is 2.17. The fraction of sp³-hybridized carbons (Fsp3) is 0.458. The minimum absolute atomic E-state index is 0.120. The summed E-state index contributed by atoms with van der Waals surface area (Å²) in [7, 11) is -3.73. The number of anilines is 1. The molecule has 0 unspecified atom stereocenters. The third kappa shape index (κ3) is 7.45. The van der Waals surface area contributed by atoms with Crippen LogP contribution in [0.15, 0.2) is 41.3 Å². The maximum atomic E-state index is 12.8. The number of ether oxygens (including phenoxy) is 2. The molecule has 0 atom stereocenters. The number of rotatable bonds is 10.